The molecule has 18 aromatic carbocycles. The molecule has 18 aromatic rings. The van der Waals surface area contributed by atoms with Crippen LogP contribution < -0.4 is 63.7 Å². The van der Waals surface area contributed by atoms with Gasteiger partial charge in [-0.3, -0.25) is 0 Å². The van der Waals surface area contributed by atoms with Crippen molar-refractivity contribution in [2.75, 3.05) is 0 Å². The quantitative estimate of drug-likeness (QED) is 0.0668. The summed E-state index contributed by atoms with van der Waals surface area (Å²) < 4.78 is 0. The topological polar surface area (TPSA) is 0 Å². The second-order valence-corrected chi connectivity index (χ2v) is 36.1. The minimum absolute atomic E-state index is 0. The average Bonchev–Trinajstić information content (AvgIpc) is 0.706. The van der Waals surface area contributed by atoms with Gasteiger partial charge in [0, 0.05) is 0 Å². The predicted molar refractivity (Wildman–Crippen MR) is 496 cm³/mol. The van der Waals surface area contributed by atoms with Crippen LogP contribution in [0.5, 0.6) is 0 Å². The Hall–Kier alpha value is -10.9. The molecule has 0 aromatic heterocycles. The molecule has 0 unspecified atom stereocenters. The Morgan fingerprint density at radius 3 is 0.289 bits per heavy atom. The molecule has 0 radical (unpaired) electrons. The van der Waals surface area contributed by atoms with Crippen LogP contribution >= 0.6 is 31.7 Å². The van der Waals surface area contributed by atoms with Crippen LogP contribution in [0.2, 0.25) is 0 Å². The van der Waals surface area contributed by atoms with Gasteiger partial charge in [-0.15, -0.1) is 22.3 Å². The zero-order chi connectivity index (χ0) is 76.1. The van der Waals surface area contributed by atoms with Gasteiger partial charge in [0.05, 0.1) is 31.7 Å². The molecule has 18 rings (SSSR count). The van der Waals surface area contributed by atoms with E-state index in [2.05, 4.69) is 485 Å². The van der Waals surface area contributed by atoms with E-state index in [0.29, 0.717) is 0 Å². The van der Waals surface area contributed by atoms with Gasteiger partial charge in [-0.05, 0) is 168 Å². The van der Waals surface area contributed by atoms with Gasteiger partial charge in [0.15, 0.2) is 0 Å². The summed E-state index contributed by atoms with van der Waals surface area (Å²) in [6.45, 7) is 0. The van der Waals surface area contributed by atoms with Crippen LogP contribution in [0.25, 0.3) is 44.5 Å². The Labute approximate surface area is 709 Å². The molecular weight excluding hydrogens is 1810 g/mol. The monoisotopic (exact) mass is 1900 g/mol. The van der Waals surface area contributed by atoms with Crippen molar-refractivity contribution < 1.29 is 42.1 Å². The van der Waals surface area contributed by atoms with Crippen molar-refractivity contribution in [2.24, 2.45) is 0 Å². The van der Waals surface area contributed by atoms with Crippen molar-refractivity contribution in [3.8, 4) is 44.5 Å². The molecular formula is C108H88P4Pt2+4. The number of rotatable bonds is 16. The van der Waals surface area contributed by atoms with E-state index in [0.717, 1.165) is 0 Å². The third-order valence-electron chi connectivity index (χ3n) is 18.7. The molecule has 0 fully saturated rings. The summed E-state index contributed by atoms with van der Waals surface area (Å²) in [5.41, 5.74) is 9.82. The second-order valence-electron chi connectivity index (χ2n) is 26.2. The van der Waals surface area contributed by atoms with E-state index < -0.39 is 31.7 Å². The van der Waals surface area contributed by atoms with Crippen molar-refractivity contribution in [1.29, 1.82) is 0 Å². The van der Waals surface area contributed by atoms with Crippen LogP contribution in [0.4, 0.5) is 0 Å². The fraction of sp³-hybridized carbons (Fsp3) is 0. The van der Waals surface area contributed by atoms with Crippen LogP contribution in [0.15, 0.2) is 510 Å². The van der Waals surface area contributed by atoms with Crippen LogP contribution in [0.1, 0.15) is 0 Å². The van der Waals surface area contributed by atoms with Crippen molar-refractivity contribution in [2.45, 2.75) is 0 Å². The number of benzene rings is 18. The van der Waals surface area contributed by atoms with Gasteiger partial charge in [0.1, 0.15) is 63.7 Å². The second kappa shape index (κ2) is 46.9. The van der Waals surface area contributed by atoms with Gasteiger partial charge in [0.2, 0.25) is 0 Å². The largest absolute Gasteiger partial charge is 2.00 e. The Bertz CT molecular complexity index is 4450. The zero-order valence-electron chi connectivity index (χ0n) is 63.1. The molecule has 556 valence electrons. The van der Waals surface area contributed by atoms with Crippen LogP contribution in [0.3, 0.4) is 0 Å². The van der Waals surface area contributed by atoms with Crippen molar-refractivity contribution >= 4 is 95.3 Å². The molecule has 0 heterocycles. The van der Waals surface area contributed by atoms with Gasteiger partial charge in [-0.2, -0.15) is 121 Å². The van der Waals surface area contributed by atoms with Gasteiger partial charge < -0.3 is 0 Å². The maximum atomic E-state index is 3.04. The molecule has 0 saturated heterocycles. The van der Waals surface area contributed by atoms with Crippen LogP contribution in [-0.4, -0.2) is 0 Å². The first-order valence-electron chi connectivity index (χ1n) is 37.9. The summed E-state index contributed by atoms with van der Waals surface area (Å²) in [5.74, 6) is 0. The Kier molecular flexibility index (Phi) is 34.6. The SMILES string of the molecule is [Pt+2].[Pt+2].[c-]1ccc(-c2ccc(-c3cc[c-]cc3)cc2)cc1.[c-]1ccc(-c2ccc(-c3cc[c-]cc3)cc2)cc1.c1ccc([PH+](c2ccccc2)c2ccccc2)cc1.c1ccc([PH+](c2ccccc2)c2ccccc2)cc1.c1ccc([PH+](c2ccccc2)c2ccccc2)cc1.c1ccc([PH+](c2ccccc2)c2ccccc2)cc1. The summed E-state index contributed by atoms with van der Waals surface area (Å²) in [4.78, 5) is 0. The fourth-order valence-electron chi connectivity index (χ4n) is 13.3. The third-order valence-corrected chi connectivity index (χ3v) is 29.7. The van der Waals surface area contributed by atoms with E-state index in [4.69, 9.17) is 0 Å². The summed E-state index contributed by atoms with van der Waals surface area (Å²) in [5, 5.41) is 17.2. The molecule has 0 amide bonds. The molecule has 0 N–H and O–H groups in total. The molecule has 0 atom stereocenters. The molecule has 0 spiro atoms. The van der Waals surface area contributed by atoms with Crippen molar-refractivity contribution in [1.82, 2.24) is 0 Å². The zero-order valence-corrected chi connectivity index (χ0v) is 71.7. The van der Waals surface area contributed by atoms with E-state index >= 15 is 0 Å². The number of hydrogen-bond acceptors (Lipinski definition) is 0. The summed E-state index contributed by atoms with van der Waals surface area (Å²) in [6, 6.07) is 192. The molecule has 0 nitrogen and oxygen atoms in total. The van der Waals surface area contributed by atoms with E-state index in [1.807, 2.05) is 48.5 Å². The minimum atomic E-state index is -0.877. The Morgan fingerprint density at radius 2 is 0.193 bits per heavy atom. The maximum absolute atomic E-state index is 3.04. The van der Waals surface area contributed by atoms with Crippen molar-refractivity contribution in [3.05, 3.63) is 534 Å². The minimum Gasteiger partial charge on any atom is -0.184 e. The van der Waals surface area contributed by atoms with Crippen LogP contribution in [0, 0.1) is 24.3 Å². The van der Waals surface area contributed by atoms with E-state index in [-0.39, 0.29) is 42.1 Å². The average molecular weight is 1900 g/mol. The molecule has 0 bridgehead atoms. The van der Waals surface area contributed by atoms with Gasteiger partial charge in [-0.1, -0.05) is 267 Å². The van der Waals surface area contributed by atoms with Crippen molar-refractivity contribution in [3.63, 3.8) is 0 Å². The summed E-state index contributed by atoms with van der Waals surface area (Å²) in [6.07, 6.45) is 0. The first-order chi connectivity index (χ1) is 55.7. The smallest absolute Gasteiger partial charge is 0.184 e. The molecule has 6 heteroatoms. The molecule has 0 aliphatic rings. The third kappa shape index (κ3) is 25.0. The maximum Gasteiger partial charge on any atom is 2.00 e. The standard InChI is InChI=1S/4C18H15P.2C18H12.2Pt/c4*1-4-10-16(11-5-1)19(17-12-6-2-7-13-17)18-14-8-3-9-15-18;2*1-3-7-15(8-4-1)17-11-13-18(14-12-17)16-9-5-2-6-10-16;;/h4*1-15H;2*3-14H;;/q;;;;2*-2;2*+2/p+4. The normalized spacial score (nSPS) is 10.3. The molecule has 0 aliphatic carbocycles. The summed E-state index contributed by atoms with van der Waals surface area (Å²) in [7, 11) is -3.51. The van der Waals surface area contributed by atoms with Gasteiger partial charge >= 0.3 is 42.1 Å². The molecule has 114 heavy (non-hydrogen) atoms. The van der Waals surface area contributed by atoms with Crippen LogP contribution in [-0.2, 0) is 42.1 Å². The van der Waals surface area contributed by atoms with E-state index in [9.17, 15) is 0 Å². The number of hydrogen-bond donors (Lipinski definition) is 0. The molecule has 0 aliphatic heterocycles. The fourth-order valence-corrected chi connectivity index (χ4v) is 23.6. The predicted octanol–water partition coefficient (Wildman–Crippen LogP) is 21.9. The van der Waals surface area contributed by atoms with Gasteiger partial charge in [-0.25, -0.2) is 0 Å². The Balaban J connectivity index is 0.000000134. The summed E-state index contributed by atoms with van der Waals surface area (Å²) >= 11 is 0. The van der Waals surface area contributed by atoms with E-state index in [1.54, 1.807) is 0 Å². The van der Waals surface area contributed by atoms with Gasteiger partial charge in [0.25, 0.3) is 0 Å². The first kappa shape index (κ1) is 84.0. The Morgan fingerprint density at radius 1 is 0.105 bits per heavy atom. The first-order valence-corrected chi connectivity index (χ1v) is 43.9. The van der Waals surface area contributed by atoms with E-state index in [1.165, 1.54) is 108 Å². The molecule has 0 saturated carbocycles.